The Bertz CT molecular complexity index is 656. The Hall–Kier alpha value is -1.59. The lowest BCUT2D eigenvalue weighted by atomic mass is 10.1. The second kappa shape index (κ2) is 4.51. The number of hydrogen-bond donors (Lipinski definition) is 2. The zero-order valence-electron chi connectivity index (χ0n) is 11.3. The van der Waals surface area contributed by atoms with Crippen molar-refractivity contribution in [1.29, 1.82) is 0 Å². The van der Waals surface area contributed by atoms with Gasteiger partial charge < -0.3 is 10.4 Å². The van der Waals surface area contributed by atoms with Gasteiger partial charge in [-0.3, -0.25) is 9.48 Å². The largest absolute Gasteiger partial charge is 0.381 e. The number of nitrogens with zero attached hydrogens (tertiary/aromatic N) is 2. The van der Waals surface area contributed by atoms with Crippen LogP contribution in [0.1, 0.15) is 19.4 Å². The number of aliphatic hydroxyl groups is 1. The number of carbonyl (C=O) groups is 1. The number of benzene rings is 1. The number of aryl methyl sites for hydroxylation is 2. The number of fused-ring (bicyclic) bond motifs is 1. The van der Waals surface area contributed by atoms with Crippen LogP contribution in [0.25, 0.3) is 10.9 Å². The zero-order valence-corrected chi connectivity index (χ0v) is 12.0. The minimum absolute atomic E-state index is 0.360. The molecule has 0 atom stereocenters. The van der Waals surface area contributed by atoms with Gasteiger partial charge in [0.25, 0.3) is 5.91 Å². The molecule has 0 aliphatic rings. The number of amides is 1. The van der Waals surface area contributed by atoms with Crippen LogP contribution in [0.4, 0.5) is 5.82 Å². The first-order chi connectivity index (χ1) is 8.71. The first-order valence-electron chi connectivity index (χ1n) is 5.87. The molecule has 1 aromatic carbocycles. The van der Waals surface area contributed by atoms with Crippen molar-refractivity contribution in [2.45, 2.75) is 26.4 Å². The third-order valence-corrected chi connectivity index (χ3v) is 3.24. The van der Waals surface area contributed by atoms with Crippen molar-refractivity contribution in [2.75, 3.05) is 5.32 Å². The highest BCUT2D eigenvalue weighted by Crippen LogP contribution is 2.32. The van der Waals surface area contributed by atoms with Crippen LogP contribution in [0.5, 0.6) is 0 Å². The van der Waals surface area contributed by atoms with E-state index >= 15 is 0 Å². The molecule has 2 rings (SSSR count). The van der Waals surface area contributed by atoms with E-state index in [0.29, 0.717) is 16.2 Å². The molecule has 1 heterocycles. The molecule has 102 valence electrons. The summed E-state index contributed by atoms with van der Waals surface area (Å²) in [5.74, 6) is -0.164. The van der Waals surface area contributed by atoms with Crippen molar-refractivity contribution in [3.8, 4) is 0 Å². The van der Waals surface area contributed by atoms with E-state index in [9.17, 15) is 9.90 Å². The van der Waals surface area contributed by atoms with Gasteiger partial charge in [-0.1, -0.05) is 17.7 Å². The number of nitrogens with one attached hydrogen (secondary N) is 1. The average Bonchev–Trinajstić information content (AvgIpc) is 2.61. The second-order valence-corrected chi connectivity index (χ2v) is 5.48. The summed E-state index contributed by atoms with van der Waals surface area (Å²) < 4.78 is 1.66. The summed E-state index contributed by atoms with van der Waals surface area (Å²) in [7, 11) is 1.78. The van der Waals surface area contributed by atoms with E-state index in [1.165, 1.54) is 13.8 Å². The van der Waals surface area contributed by atoms with Gasteiger partial charge in [-0.15, -0.1) is 0 Å². The van der Waals surface area contributed by atoms with Crippen molar-refractivity contribution in [3.63, 3.8) is 0 Å². The molecule has 0 aliphatic heterocycles. The zero-order chi connectivity index (χ0) is 14.4. The number of rotatable bonds is 2. The highest BCUT2D eigenvalue weighted by molar-refractivity contribution is 6.36. The Labute approximate surface area is 116 Å². The molecule has 0 saturated carbocycles. The van der Waals surface area contributed by atoms with Gasteiger partial charge in [0.05, 0.1) is 15.9 Å². The van der Waals surface area contributed by atoms with Crippen LogP contribution in [-0.2, 0) is 11.8 Å². The summed E-state index contributed by atoms with van der Waals surface area (Å²) in [5.41, 5.74) is 0.400. The normalized spacial score (nSPS) is 11.9. The molecule has 2 N–H and O–H groups in total. The lowest BCUT2D eigenvalue weighted by Crippen LogP contribution is -2.36. The van der Waals surface area contributed by atoms with Gasteiger partial charge >= 0.3 is 0 Å². The van der Waals surface area contributed by atoms with Crippen molar-refractivity contribution >= 4 is 34.2 Å². The Morgan fingerprint density at radius 3 is 2.68 bits per heavy atom. The third-order valence-electron chi connectivity index (χ3n) is 2.93. The van der Waals surface area contributed by atoms with Crippen LogP contribution < -0.4 is 5.32 Å². The Morgan fingerprint density at radius 2 is 2.11 bits per heavy atom. The average molecular weight is 282 g/mol. The standard InChI is InChI=1S/C13H16ClN3O2/c1-7-5-6-8(14)9-10(7)17(4)16-11(9)15-12(18)13(2,3)19/h5-6,19H,1-4H3,(H,15,16,18). The van der Waals surface area contributed by atoms with E-state index in [1.807, 2.05) is 13.0 Å². The summed E-state index contributed by atoms with van der Waals surface area (Å²) in [6.45, 7) is 4.78. The number of carbonyl (C=O) groups excluding carboxylic acids is 1. The summed E-state index contributed by atoms with van der Waals surface area (Å²) >= 11 is 6.18. The molecule has 0 fully saturated rings. The highest BCUT2D eigenvalue weighted by atomic mass is 35.5. The molecule has 0 radical (unpaired) electrons. The number of halogens is 1. The van der Waals surface area contributed by atoms with Crippen LogP contribution in [0.2, 0.25) is 5.02 Å². The van der Waals surface area contributed by atoms with Crippen LogP contribution in [0.3, 0.4) is 0 Å². The Morgan fingerprint density at radius 1 is 1.47 bits per heavy atom. The molecule has 1 amide bonds. The van der Waals surface area contributed by atoms with E-state index in [2.05, 4.69) is 10.4 Å². The molecular weight excluding hydrogens is 266 g/mol. The van der Waals surface area contributed by atoms with E-state index in [1.54, 1.807) is 17.8 Å². The fourth-order valence-corrected chi connectivity index (χ4v) is 2.15. The smallest absolute Gasteiger partial charge is 0.256 e. The van der Waals surface area contributed by atoms with Gasteiger partial charge in [-0.05, 0) is 32.4 Å². The fourth-order valence-electron chi connectivity index (χ4n) is 1.91. The van der Waals surface area contributed by atoms with Crippen molar-refractivity contribution in [1.82, 2.24) is 9.78 Å². The van der Waals surface area contributed by atoms with Crippen LogP contribution in [-0.4, -0.2) is 26.4 Å². The van der Waals surface area contributed by atoms with Crippen molar-refractivity contribution in [2.24, 2.45) is 7.05 Å². The fraction of sp³-hybridized carbons (Fsp3) is 0.385. The van der Waals surface area contributed by atoms with Crippen LogP contribution in [0, 0.1) is 6.92 Å². The van der Waals surface area contributed by atoms with E-state index < -0.39 is 11.5 Å². The lowest BCUT2D eigenvalue weighted by Gasteiger charge is -2.15. The quantitative estimate of drug-likeness (QED) is 0.887. The molecule has 0 saturated heterocycles. The lowest BCUT2D eigenvalue weighted by molar-refractivity contribution is -0.130. The molecule has 6 heteroatoms. The molecule has 1 aromatic heterocycles. The van der Waals surface area contributed by atoms with E-state index in [4.69, 9.17) is 11.6 Å². The molecule has 0 unspecified atom stereocenters. The van der Waals surface area contributed by atoms with Gasteiger partial charge in [0.2, 0.25) is 0 Å². The highest BCUT2D eigenvalue weighted by Gasteiger charge is 2.26. The maximum absolute atomic E-state index is 11.8. The predicted molar refractivity (Wildman–Crippen MR) is 75.4 cm³/mol. The number of anilines is 1. The topological polar surface area (TPSA) is 67.2 Å². The van der Waals surface area contributed by atoms with Crippen LogP contribution >= 0.6 is 11.6 Å². The minimum atomic E-state index is -1.47. The predicted octanol–water partition coefficient (Wildman–Crippen LogP) is 2.24. The second-order valence-electron chi connectivity index (χ2n) is 5.07. The molecule has 0 spiro atoms. The Kier molecular flexibility index (Phi) is 3.28. The number of hydrogen-bond acceptors (Lipinski definition) is 3. The molecule has 19 heavy (non-hydrogen) atoms. The maximum Gasteiger partial charge on any atom is 0.256 e. The third kappa shape index (κ3) is 2.43. The first-order valence-corrected chi connectivity index (χ1v) is 6.25. The first kappa shape index (κ1) is 13.8. The summed E-state index contributed by atoms with van der Waals surface area (Å²) in [6.07, 6.45) is 0. The van der Waals surface area contributed by atoms with Gasteiger partial charge in [-0.2, -0.15) is 5.10 Å². The maximum atomic E-state index is 11.8. The molecule has 2 aromatic rings. The van der Waals surface area contributed by atoms with Gasteiger partial charge in [0.15, 0.2) is 5.82 Å². The molecule has 0 bridgehead atoms. The monoisotopic (exact) mass is 281 g/mol. The van der Waals surface area contributed by atoms with Gasteiger partial charge in [0.1, 0.15) is 5.60 Å². The summed E-state index contributed by atoms with van der Waals surface area (Å²) in [5, 5.41) is 17.7. The van der Waals surface area contributed by atoms with Crippen LogP contribution in [0.15, 0.2) is 12.1 Å². The molecule has 5 nitrogen and oxygen atoms in total. The minimum Gasteiger partial charge on any atom is -0.381 e. The molecular formula is C13H16ClN3O2. The summed E-state index contributed by atoms with van der Waals surface area (Å²) in [4.78, 5) is 11.8. The van der Waals surface area contributed by atoms with Crippen molar-refractivity contribution in [3.05, 3.63) is 22.7 Å². The number of aromatic nitrogens is 2. The van der Waals surface area contributed by atoms with Gasteiger partial charge in [0, 0.05) is 7.05 Å². The van der Waals surface area contributed by atoms with E-state index in [0.717, 1.165) is 11.1 Å². The van der Waals surface area contributed by atoms with Gasteiger partial charge in [-0.25, -0.2) is 0 Å². The Balaban J connectivity index is 2.57. The summed E-state index contributed by atoms with van der Waals surface area (Å²) in [6, 6.07) is 3.66. The van der Waals surface area contributed by atoms with Crippen molar-refractivity contribution < 1.29 is 9.90 Å². The molecule has 0 aliphatic carbocycles. The SMILES string of the molecule is Cc1ccc(Cl)c2c(NC(=O)C(C)(C)O)nn(C)c12. The van der Waals surface area contributed by atoms with E-state index in [-0.39, 0.29) is 0 Å².